The molecule has 0 saturated heterocycles. The van der Waals surface area contributed by atoms with Gasteiger partial charge < -0.3 is 5.32 Å². The predicted molar refractivity (Wildman–Crippen MR) is 81.5 cm³/mol. The molecule has 2 rings (SSSR count). The van der Waals surface area contributed by atoms with Gasteiger partial charge in [-0.15, -0.1) is 0 Å². The smallest absolute Gasteiger partial charge is 0.253 e. The third-order valence-electron chi connectivity index (χ3n) is 2.75. The first-order valence-electron chi connectivity index (χ1n) is 5.85. The van der Waals surface area contributed by atoms with Crippen molar-refractivity contribution in [3.63, 3.8) is 0 Å². The fraction of sp³-hybridized carbons (Fsp3) is 0.133. The Kier molecular flexibility index (Phi) is 4.61. The number of hydrogen-bond donors (Lipinski definition) is 1. The Bertz CT molecular complexity index is 596. The average Bonchev–Trinajstić information content (AvgIpc) is 2.40. The zero-order chi connectivity index (χ0) is 13.8. The molecular formula is C15H13BrClNO. The van der Waals surface area contributed by atoms with E-state index in [4.69, 9.17) is 11.6 Å². The van der Waals surface area contributed by atoms with Gasteiger partial charge in [-0.2, -0.15) is 0 Å². The Morgan fingerprint density at radius 3 is 2.58 bits per heavy atom. The van der Waals surface area contributed by atoms with Crippen molar-refractivity contribution in [2.75, 3.05) is 0 Å². The molecule has 0 spiro atoms. The predicted octanol–water partition coefficient (Wildman–Crippen LogP) is 4.34. The van der Waals surface area contributed by atoms with Crippen molar-refractivity contribution in [2.45, 2.75) is 13.5 Å². The molecule has 0 aliphatic heterocycles. The van der Waals surface area contributed by atoms with Crippen LogP contribution < -0.4 is 5.32 Å². The van der Waals surface area contributed by atoms with Crippen molar-refractivity contribution in [3.05, 3.63) is 68.7 Å². The molecule has 4 heteroatoms. The summed E-state index contributed by atoms with van der Waals surface area (Å²) in [6.07, 6.45) is 0. The number of hydrogen-bond acceptors (Lipinski definition) is 1. The summed E-state index contributed by atoms with van der Waals surface area (Å²) in [4.78, 5) is 12.0. The fourth-order valence-corrected chi connectivity index (χ4v) is 2.22. The van der Waals surface area contributed by atoms with E-state index in [-0.39, 0.29) is 5.91 Å². The number of carbonyl (C=O) groups is 1. The molecule has 0 heterocycles. The molecule has 2 aromatic rings. The van der Waals surface area contributed by atoms with Crippen LogP contribution in [-0.2, 0) is 6.54 Å². The lowest BCUT2D eigenvalue weighted by molar-refractivity contribution is 0.0951. The first-order chi connectivity index (χ1) is 9.06. The monoisotopic (exact) mass is 337 g/mol. The maximum absolute atomic E-state index is 12.0. The van der Waals surface area contributed by atoms with Gasteiger partial charge >= 0.3 is 0 Å². The van der Waals surface area contributed by atoms with Crippen LogP contribution in [0.1, 0.15) is 21.5 Å². The van der Waals surface area contributed by atoms with Crippen LogP contribution in [0.5, 0.6) is 0 Å². The highest BCUT2D eigenvalue weighted by molar-refractivity contribution is 9.10. The Hall–Kier alpha value is -1.32. The van der Waals surface area contributed by atoms with E-state index in [1.165, 1.54) is 5.56 Å². The lowest BCUT2D eigenvalue weighted by atomic mass is 10.1. The van der Waals surface area contributed by atoms with E-state index in [9.17, 15) is 4.79 Å². The van der Waals surface area contributed by atoms with Gasteiger partial charge in [0, 0.05) is 11.0 Å². The minimum Gasteiger partial charge on any atom is -0.348 e. The Morgan fingerprint density at radius 2 is 1.89 bits per heavy atom. The summed E-state index contributed by atoms with van der Waals surface area (Å²) in [6, 6.07) is 13.3. The molecular weight excluding hydrogens is 326 g/mol. The van der Waals surface area contributed by atoms with Crippen molar-refractivity contribution in [2.24, 2.45) is 0 Å². The topological polar surface area (TPSA) is 29.1 Å². The van der Waals surface area contributed by atoms with Gasteiger partial charge in [0.1, 0.15) is 0 Å². The molecule has 1 N–H and O–H groups in total. The Balaban J connectivity index is 2.05. The molecule has 0 aliphatic carbocycles. The molecule has 1 amide bonds. The van der Waals surface area contributed by atoms with Gasteiger partial charge in [-0.05, 0) is 30.7 Å². The molecule has 0 aromatic heterocycles. The summed E-state index contributed by atoms with van der Waals surface area (Å²) in [5, 5.41) is 3.31. The van der Waals surface area contributed by atoms with Crippen LogP contribution in [0.4, 0.5) is 0 Å². The van der Waals surface area contributed by atoms with Crippen molar-refractivity contribution >= 4 is 33.4 Å². The minimum atomic E-state index is -0.174. The lowest BCUT2D eigenvalue weighted by Crippen LogP contribution is -2.23. The van der Waals surface area contributed by atoms with E-state index < -0.39 is 0 Å². The summed E-state index contributed by atoms with van der Waals surface area (Å²) in [5.74, 6) is -0.174. The summed E-state index contributed by atoms with van der Waals surface area (Å²) in [6.45, 7) is 2.52. The quantitative estimate of drug-likeness (QED) is 0.886. The summed E-state index contributed by atoms with van der Waals surface area (Å²) < 4.78 is 0.831. The van der Waals surface area contributed by atoms with E-state index in [2.05, 4.69) is 21.2 Å². The molecule has 0 atom stereocenters. The number of nitrogens with one attached hydrogen (secondary N) is 1. The van der Waals surface area contributed by atoms with Gasteiger partial charge in [0.2, 0.25) is 0 Å². The van der Waals surface area contributed by atoms with Crippen LogP contribution in [-0.4, -0.2) is 5.91 Å². The van der Waals surface area contributed by atoms with E-state index in [1.54, 1.807) is 18.2 Å². The van der Waals surface area contributed by atoms with Gasteiger partial charge in [-0.3, -0.25) is 4.79 Å². The highest BCUT2D eigenvalue weighted by Crippen LogP contribution is 2.20. The molecule has 0 aliphatic rings. The number of rotatable bonds is 3. The maximum atomic E-state index is 12.0. The van der Waals surface area contributed by atoms with E-state index >= 15 is 0 Å². The van der Waals surface area contributed by atoms with Crippen LogP contribution in [0.2, 0.25) is 5.02 Å². The fourth-order valence-electron chi connectivity index (χ4n) is 1.65. The van der Waals surface area contributed by atoms with Gasteiger partial charge in [-0.25, -0.2) is 0 Å². The second-order valence-corrected chi connectivity index (χ2v) is 5.62. The second kappa shape index (κ2) is 6.22. The lowest BCUT2D eigenvalue weighted by Gasteiger charge is -2.07. The number of halogens is 2. The number of aryl methyl sites for hydroxylation is 1. The van der Waals surface area contributed by atoms with E-state index in [0.29, 0.717) is 17.1 Å². The molecule has 2 nitrogen and oxygen atoms in total. The third-order valence-corrected chi connectivity index (χ3v) is 3.57. The molecule has 2 aromatic carbocycles. The van der Waals surface area contributed by atoms with Gasteiger partial charge in [0.25, 0.3) is 5.91 Å². The van der Waals surface area contributed by atoms with E-state index in [1.807, 2.05) is 31.2 Å². The molecule has 0 bridgehead atoms. The number of benzene rings is 2. The van der Waals surface area contributed by atoms with Crippen molar-refractivity contribution in [1.82, 2.24) is 5.32 Å². The van der Waals surface area contributed by atoms with Gasteiger partial charge in [0.05, 0.1) is 10.6 Å². The van der Waals surface area contributed by atoms with Crippen molar-refractivity contribution < 1.29 is 4.79 Å². The zero-order valence-electron chi connectivity index (χ0n) is 10.4. The Labute approximate surface area is 125 Å². The number of carbonyl (C=O) groups excluding carboxylic acids is 1. The molecule has 0 radical (unpaired) electrons. The van der Waals surface area contributed by atoms with Crippen LogP contribution in [0.25, 0.3) is 0 Å². The average molecular weight is 339 g/mol. The molecule has 19 heavy (non-hydrogen) atoms. The maximum Gasteiger partial charge on any atom is 0.253 e. The molecule has 98 valence electrons. The standard InChI is InChI=1S/C15H13BrClNO/c1-10-2-4-11(5-3-10)9-18-15(19)13-8-12(16)6-7-14(13)17/h2-8H,9H2,1H3,(H,18,19). The second-order valence-electron chi connectivity index (χ2n) is 4.29. The van der Waals surface area contributed by atoms with Crippen molar-refractivity contribution in [1.29, 1.82) is 0 Å². The SMILES string of the molecule is Cc1ccc(CNC(=O)c2cc(Br)ccc2Cl)cc1. The molecule has 0 fully saturated rings. The highest BCUT2D eigenvalue weighted by atomic mass is 79.9. The van der Waals surface area contributed by atoms with Gasteiger partial charge in [0.15, 0.2) is 0 Å². The zero-order valence-corrected chi connectivity index (χ0v) is 12.8. The van der Waals surface area contributed by atoms with Crippen LogP contribution in [0, 0.1) is 6.92 Å². The summed E-state index contributed by atoms with van der Waals surface area (Å²) in [7, 11) is 0. The van der Waals surface area contributed by atoms with Crippen LogP contribution in [0.3, 0.4) is 0 Å². The van der Waals surface area contributed by atoms with Gasteiger partial charge in [-0.1, -0.05) is 57.4 Å². The van der Waals surface area contributed by atoms with E-state index in [0.717, 1.165) is 10.0 Å². The first-order valence-corrected chi connectivity index (χ1v) is 7.02. The first kappa shape index (κ1) is 14.1. The molecule has 0 saturated carbocycles. The summed E-state index contributed by atoms with van der Waals surface area (Å²) >= 11 is 9.34. The number of amides is 1. The third kappa shape index (κ3) is 3.82. The van der Waals surface area contributed by atoms with Crippen molar-refractivity contribution in [3.8, 4) is 0 Å². The Morgan fingerprint density at radius 1 is 1.21 bits per heavy atom. The normalized spacial score (nSPS) is 10.3. The highest BCUT2D eigenvalue weighted by Gasteiger charge is 2.10. The largest absolute Gasteiger partial charge is 0.348 e. The summed E-state index contributed by atoms with van der Waals surface area (Å²) in [5.41, 5.74) is 2.73. The molecule has 0 unspecified atom stereocenters. The minimum absolute atomic E-state index is 0.174. The van der Waals surface area contributed by atoms with Crippen LogP contribution >= 0.6 is 27.5 Å². The van der Waals surface area contributed by atoms with Crippen LogP contribution in [0.15, 0.2) is 46.9 Å².